The molecule has 0 radical (unpaired) electrons. The van der Waals surface area contributed by atoms with Gasteiger partial charge in [0.25, 0.3) is 0 Å². The van der Waals surface area contributed by atoms with E-state index < -0.39 is 10.0 Å². The molecule has 0 saturated carbocycles. The van der Waals surface area contributed by atoms with Crippen molar-refractivity contribution in [2.75, 3.05) is 26.4 Å². The van der Waals surface area contributed by atoms with Crippen LogP contribution in [0, 0.1) is 0 Å². The van der Waals surface area contributed by atoms with Gasteiger partial charge in [0.05, 0.1) is 12.7 Å². The van der Waals surface area contributed by atoms with Gasteiger partial charge in [-0.25, -0.2) is 12.7 Å². The second-order valence-electron chi connectivity index (χ2n) is 4.04. The van der Waals surface area contributed by atoms with Gasteiger partial charge in [0.1, 0.15) is 0 Å². The quantitative estimate of drug-likeness (QED) is 0.751. The summed E-state index contributed by atoms with van der Waals surface area (Å²) in [7, 11) is -1.59. The number of hydrogen-bond donors (Lipinski definition) is 1. The number of nitrogens with zero attached hydrogens (tertiary/aromatic N) is 1. The second kappa shape index (κ2) is 6.86. The first kappa shape index (κ1) is 15.1. The molecule has 18 heavy (non-hydrogen) atoms. The first-order valence-electron chi connectivity index (χ1n) is 5.60. The Morgan fingerprint density at radius 3 is 2.78 bits per heavy atom. The molecule has 0 bridgehead atoms. The normalized spacial score (nSPS) is 11.7. The molecule has 0 fully saturated rings. The largest absolute Gasteiger partial charge is 0.356 e. The van der Waals surface area contributed by atoms with Gasteiger partial charge >= 0.3 is 0 Å². The minimum Gasteiger partial charge on any atom is -0.356 e. The lowest BCUT2D eigenvalue weighted by Gasteiger charge is -2.13. The van der Waals surface area contributed by atoms with E-state index in [1.165, 1.54) is 17.6 Å². The average Bonchev–Trinajstić information content (AvgIpc) is 2.75. The molecule has 0 aliphatic rings. The lowest BCUT2D eigenvalue weighted by molar-refractivity contribution is -0.120. The van der Waals surface area contributed by atoms with Crippen molar-refractivity contribution in [1.82, 2.24) is 9.62 Å². The summed E-state index contributed by atoms with van der Waals surface area (Å²) in [5.41, 5.74) is 0. The highest BCUT2D eigenvalue weighted by molar-refractivity contribution is 7.88. The summed E-state index contributed by atoms with van der Waals surface area (Å²) in [5.74, 6) is -0.0283. The van der Waals surface area contributed by atoms with Crippen molar-refractivity contribution in [3.8, 4) is 0 Å². The highest BCUT2D eigenvalue weighted by Crippen LogP contribution is 2.08. The van der Waals surface area contributed by atoms with Crippen LogP contribution >= 0.6 is 11.3 Å². The third-order valence-corrected chi connectivity index (χ3v) is 4.64. The molecule has 5 nitrogen and oxygen atoms in total. The van der Waals surface area contributed by atoms with E-state index in [1.807, 2.05) is 17.5 Å². The monoisotopic (exact) mass is 290 g/mol. The van der Waals surface area contributed by atoms with Gasteiger partial charge < -0.3 is 5.32 Å². The Bertz CT molecular complexity index is 468. The summed E-state index contributed by atoms with van der Waals surface area (Å²) in [6.45, 7) is 0.905. The molecule has 1 amide bonds. The molecule has 102 valence electrons. The maximum absolute atomic E-state index is 11.5. The van der Waals surface area contributed by atoms with Crippen LogP contribution in [0.1, 0.15) is 11.3 Å². The van der Waals surface area contributed by atoms with Crippen LogP contribution in [-0.4, -0.2) is 45.0 Å². The average molecular weight is 290 g/mol. The first-order valence-corrected chi connectivity index (χ1v) is 8.33. The van der Waals surface area contributed by atoms with E-state index in [0.29, 0.717) is 25.9 Å². The molecule has 1 aromatic rings. The molecule has 0 atom stereocenters. The van der Waals surface area contributed by atoms with Gasteiger partial charge in [-0.05, 0) is 17.9 Å². The number of carbonyl (C=O) groups is 1. The Morgan fingerprint density at radius 1 is 1.50 bits per heavy atom. The molecule has 1 heterocycles. The topological polar surface area (TPSA) is 66.5 Å². The summed E-state index contributed by atoms with van der Waals surface area (Å²) in [6.07, 6.45) is 2.17. The smallest absolute Gasteiger partial charge is 0.225 e. The molecule has 1 rings (SSSR count). The molecule has 0 spiro atoms. The van der Waals surface area contributed by atoms with Crippen LogP contribution in [0.4, 0.5) is 0 Å². The third kappa shape index (κ3) is 5.61. The van der Waals surface area contributed by atoms with Crippen molar-refractivity contribution in [2.45, 2.75) is 12.8 Å². The minimum absolute atomic E-state index is 0.0283. The van der Waals surface area contributed by atoms with Gasteiger partial charge in [0, 0.05) is 25.0 Å². The van der Waals surface area contributed by atoms with Crippen LogP contribution in [0.3, 0.4) is 0 Å². The molecule has 0 aromatic carbocycles. The zero-order chi connectivity index (χ0) is 13.6. The summed E-state index contributed by atoms with van der Waals surface area (Å²) in [5, 5.41) is 4.71. The van der Waals surface area contributed by atoms with E-state index in [2.05, 4.69) is 5.32 Å². The Morgan fingerprint density at radius 2 is 2.22 bits per heavy atom. The van der Waals surface area contributed by atoms with Crippen LogP contribution < -0.4 is 5.32 Å². The SMILES string of the molecule is CN(CCCNC(=O)Cc1cccs1)S(C)(=O)=O. The van der Waals surface area contributed by atoms with Crippen molar-refractivity contribution >= 4 is 27.3 Å². The number of amides is 1. The van der Waals surface area contributed by atoms with E-state index in [4.69, 9.17) is 0 Å². The Labute approximate surface area is 112 Å². The number of thiophene rings is 1. The van der Waals surface area contributed by atoms with E-state index in [0.717, 1.165) is 4.88 Å². The summed E-state index contributed by atoms with van der Waals surface area (Å²) >= 11 is 1.55. The number of nitrogens with one attached hydrogen (secondary N) is 1. The Kier molecular flexibility index (Phi) is 5.77. The fourth-order valence-corrected chi connectivity index (χ4v) is 2.49. The van der Waals surface area contributed by atoms with E-state index >= 15 is 0 Å². The third-order valence-electron chi connectivity index (χ3n) is 2.45. The van der Waals surface area contributed by atoms with Gasteiger partial charge in [-0.1, -0.05) is 6.07 Å². The van der Waals surface area contributed by atoms with Crippen LogP contribution in [0.2, 0.25) is 0 Å². The van der Waals surface area contributed by atoms with Crippen molar-refractivity contribution in [3.63, 3.8) is 0 Å². The summed E-state index contributed by atoms with van der Waals surface area (Å²) in [6, 6.07) is 3.83. The van der Waals surface area contributed by atoms with E-state index in [-0.39, 0.29) is 5.91 Å². The van der Waals surface area contributed by atoms with Gasteiger partial charge in [-0.2, -0.15) is 0 Å². The number of hydrogen-bond acceptors (Lipinski definition) is 4. The predicted octanol–water partition coefficient (Wildman–Crippen LogP) is 0.688. The standard InChI is InChI=1S/C11H18N2O3S2/c1-13(18(2,15)16)7-4-6-12-11(14)9-10-5-3-8-17-10/h3,5,8H,4,6-7,9H2,1-2H3,(H,12,14). The molecule has 7 heteroatoms. The zero-order valence-electron chi connectivity index (χ0n) is 10.5. The molecule has 0 aliphatic heterocycles. The fourth-order valence-electron chi connectivity index (χ4n) is 1.33. The van der Waals surface area contributed by atoms with Gasteiger partial charge in [0.2, 0.25) is 15.9 Å². The maximum Gasteiger partial charge on any atom is 0.225 e. The minimum atomic E-state index is -3.12. The Balaban J connectivity index is 2.17. The highest BCUT2D eigenvalue weighted by atomic mass is 32.2. The molecule has 1 N–H and O–H groups in total. The number of rotatable bonds is 7. The van der Waals surface area contributed by atoms with Crippen LogP contribution in [0.5, 0.6) is 0 Å². The maximum atomic E-state index is 11.5. The van der Waals surface area contributed by atoms with Gasteiger partial charge in [-0.3, -0.25) is 4.79 Å². The van der Waals surface area contributed by atoms with Gasteiger partial charge in [0.15, 0.2) is 0 Å². The number of carbonyl (C=O) groups excluding carboxylic acids is 1. The summed E-state index contributed by atoms with van der Waals surface area (Å²) < 4.78 is 23.5. The van der Waals surface area contributed by atoms with Crippen LogP contribution in [-0.2, 0) is 21.2 Å². The zero-order valence-corrected chi connectivity index (χ0v) is 12.2. The van der Waals surface area contributed by atoms with Crippen molar-refractivity contribution < 1.29 is 13.2 Å². The summed E-state index contributed by atoms with van der Waals surface area (Å²) in [4.78, 5) is 12.5. The molecule has 0 saturated heterocycles. The molecule has 1 aromatic heterocycles. The fraction of sp³-hybridized carbons (Fsp3) is 0.545. The molecular weight excluding hydrogens is 272 g/mol. The molecular formula is C11H18N2O3S2. The van der Waals surface area contributed by atoms with Crippen LogP contribution in [0.25, 0.3) is 0 Å². The second-order valence-corrected chi connectivity index (χ2v) is 7.17. The highest BCUT2D eigenvalue weighted by Gasteiger charge is 2.10. The molecule has 0 unspecified atom stereocenters. The van der Waals surface area contributed by atoms with Gasteiger partial charge in [-0.15, -0.1) is 11.3 Å². The van der Waals surface area contributed by atoms with Crippen molar-refractivity contribution in [1.29, 1.82) is 0 Å². The van der Waals surface area contributed by atoms with E-state index in [1.54, 1.807) is 11.3 Å². The first-order chi connectivity index (χ1) is 8.39. The lowest BCUT2D eigenvalue weighted by atomic mass is 10.3. The van der Waals surface area contributed by atoms with Crippen molar-refractivity contribution in [3.05, 3.63) is 22.4 Å². The van der Waals surface area contributed by atoms with Crippen molar-refractivity contribution in [2.24, 2.45) is 0 Å². The van der Waals surface area contributed by atoms with E-state index in [9.17, 15) is 13.2 Å². The van der Waals surface area contributed by atoms with Crippen LogP contribution in [0.15, 0.2) is 17.5 Å². The Hall–Kier alpha value is -0.920. The number of sulfonamides is 1. The lowest BCUT2D eigenvalue weighted by Crippen LogP contribution is -2.31. The predicted molar refractivity (Wildman–Crippen MR) is 73.1 cm³/mol. The molecule has 0 aliphatic carbocycles.